The van der Waals surface area contributed by atoms with Crippen molar-refractivity contribution < 1.29 is 0 Å². The van der Waals surface area contributed by atoms with E-state index in [0.717, 1.165) is 41.4 Å². The summed E-state index contributed by atoms with van der Waals surface area (Å²) in [6.45, 7) is 4.16. The molecule has 0 aliphatic heterocycles. The van der Waals surface area contributed by atoms with Crippen LogP contribution in [0.25, 0.3) is 11.4 Å². The fourth-order valence-electron chi connectivity index (χ4n) is 2.00. The molecule has 0 atom stereocenters. The molecule has 0 amide bonds. The first-order valence-electron chi connectivity index (χ1n) is 6.21. The van der Waals surface area contributed by atoms with E-state index in [9.17, 15) is 0 Å². The molecule has 0 saturated heterocycles. The summed E-state index contributed by atoms with van der Waals surface area (Å²) in [5, 5.41) is 7.34. The Morgan fingerprint density at radius 1 is 1.33 bits per heavy atom. The molecular formula is C13H19N5. The van der Waals surface area contributed by atoms with Crippen molar-refractivity contribution in [3.8, 4) is 11.4 Å². The third kappa shape index (κ3) is 2.20. The second kappa shape index (κ2) is 5.16. The quantitative estimate of drug-likeness (QED) is 0.897. The van der Waals surface area contributed by atoms with Crippen LogP contribution in [0.2, 0.25) is 0 Å². The summed E-state index contributed by atoms with van der Waals surface area (Å²) in [5.41, 5.74) is 3.03. The Balaban J connectivity index is 2.58. The summed E-state index contributed by atoms with van der Waals surface area (Å²) in [5.74, 6) is 1.77. The van der Waals surface area contributed by atoms with Gasteiger partial charge in [-0.25, -0.2) is 9.97 Å². The van der Waals surface area contributed by atoms with E-state index in [-0.39, 0.29) is 0 Å². The lowest BCUT2D eigenvalue weighted by molar-refractivity contribution is 0.767. The first-order chi connectivity index (χ1) is 8.67. The first kappa shape index (κ1) is 12.5. The topological polar surface area (TPSA) is 55.6 Å². The highest BCUT2D eigenvalue weighted by Crippen LogP contribution is 2.25. The standard InChI is InChI=1S/C13H19N5/c1-5-6-11-16-12(9(2)13(14-3)17-11)10-7-8-15-18(10)4/h7-8H,5-6H2,1-4H3,(H,14,16,17). The zero-order valence-corrected chi connectivity index (χ0v) is 11.4. The third-order valence-electron chi connectivity index (χ3n) is 2.97. The Kier molecular flexibility index (Phi) is 3.60. The summed E-state index contributed by atoms with van der Waals surface area (Å²) in [4.78, 5) is 9.19. The van der Waals surface area contributed by atoms with Crippen molar-refractivity contribution in [1.29, 1.82) is 0 Å². The molecule has 2 heterocycles. The maximum absolute atomic E-state index is 4.66. The molecule has 5 heteroatoms. The lowest BCUT2D eigenvalue weighted by Gasteiger charge is -2.12. The van der Waals surface area contributed by atoms with Gasteiger partial charge >= 0.3 is 0 Å². The summed E-state index contributed by atoms with van der Waals surface area (Å²) in [6, 6.07) is 1.98. The molecule has 96 valence electrons. The molecule has 0 aromatic carbocycles. The van der Waals surface area contributed by atoms with Gasteiger partial charge in [-0.1, -0.05) is 6.92 Å². The molecule has 0 radical (unpaired) electrons. The van der Waals surface area contributed by atoms with E-state index in [2.05, 4.69) is 27.3 Å². The molecule has 0 bridgehead atoms. The highest BCUT2D eigenvalue weighted by molar-refractivity contribution is 5.65. The predicted octanol–water partition coefficient (Wildman–Crippen LogP) is 2.18. The average molecular weight is 245 g/mol. The largest absolute Gasteiger partial charge is 0.373 e. The van der Waals surface area contributed by atoms with Crippen molar-refractivity contribution in [2.24, 2.45) is 7.05 Å². The van der Waals surface area contributed by atoms with Crippen LogP contribution >= 0.6 is 0 Å². The molecule has 2 aromatic rings. The number of nitrogens with one attached hydrogen (secondary N) is 1. The van der Waals surface area contributed by atoms with Gasteiger partial charge in [0, 0.05) is 32.3 Å². The normalized spacial score (nSPS) is 10.7. The van der Waals surface area contributed by atoms with Crippen LogP contribution in [0, 0.1) is 6.92 Å². The van der Waals surface area contributed by atoms with Crippen LogP contribution in [0.5, 0.6) is 0 Å². The van der Waals surface area contributed by atoms with Gasteiger partial charge in [-0.15, -0.1) is 0 Å². The molecule has 0 aliphatic carbocycles. The Bertz CT molecular complexity index is 544. The summed E-state index contributed by atoms with van der Waals surface area (Å²) < 4.78 is 1.84. The van der Waals surface area contributed by atoms with Crippen LogP contribution in [-0.2, 0) is 13.5 Å². The van der Waals surface area contributed by atoms with Gasteiger partial charge in [0.05, 0.1) is 11.4 Å². The van der Waals surface area contributed by atoms with Crippen molar-refractivity contribution in [2.45, 2.75) is 26.7 Å². The molecule has 2 rings (SSSR count). The van der Waals surface area contributed by atoms with E-state index in [4.69, 9.17) is 0 Å². The van der Waals surface area contributed by atoms with E-state index >= 15 is 0 Å². The van der Waals surface area contributed by atoms with Crippen LogP contribution < -0.4 is 5.32 Å². The lowest BCUT2D eigenvalue weighted by Crippen LogP contribution is -2.07. The van der Waals surface area contributed by atoms with E-state index in [1.807, 2.05) is 31.8 Å². The second-order valence-electron chi connectivity index (χ2n) is 4.30. The number of aromatic nitrogens is 4. The van der Waals surface area contributed by atoms with Crippen LogP contribution in [0.4, 0.5) is 5.82 Å². The van der Waals surface area contributed by atoms with Gasteiger partial charge in [0.15, 0.2) is 0 Å². The molecule has 18 heavy (non-hydrogen) atoms. The minimum atomic E-state index is 0.878. The van der Waals surface area contributed by atoms with Gasteiger partial charge in [-0.05, 0) is 19.4 Å². The summed E-state index contributed by atoms with van der Waals surface area (Å²) >= 11 is 0. The van der Waals surface area contributed by atoms with Crippen LogP contribution in [0.15, 0.2) is 12.3 Å². The Morgan fingerprint density at radius 3 is 2.67 bits per heavy atom. The van der Waals surface area contributed by atoms with Gasteiger partial charge in [0.1, 0.15) is 11.6 Å². The maximum atomic E-state index is 4.66. The number of hydrogen-bond donors (Lipinski definition) is 1. The van der Waals surface area contributed by atoms with Crippen LogP contribution in [-0.4, -0.2) is 26.8 Å². The SMILES string of the molecule is CCCc1nc(NC)c(C)c(-c2ccnn2C)n1. The van der Waals surface area contributed by atoms with Crippen molar-refractivity contribution in [3.63, 3.8) is 0 Å². The zero-order valence-electron chi connectivity index (χ0n) is 11.4. The predicted molar refractivity (Wildman–Crippen MR) is 72.5 cm³/mol. The van der Waals surface area contributed by atoms with Gasteiger partial charge in [-0.2, -0.15) is 5.10 Å². The Labute approximate surface area is 107 Å². The maximum Gasteiger partial charge on any atom is 0.133 e. The fraction of sp³-hybridized carbons (Fsp3) is 0.462. The van der Waals surface area contributed by atoms with Gasteiger partial charge < -0.3 is 5.32 Å². The van der Waals surface area contributed by atoms with E-state index in [1.165, 1.54) is 0 Å². The number of aryl methyl sites for hydroxylation is 2. The van der Waals surface area contributed by atoms with Gasteiger partial charge in [0.2, 0.25) is 0 Å². The minimum Gasteiger partial charge on any atom is -0.373 e. The molecule has 0 saturated carbocycles. The molecule has 0 spiro atoms. The highest BCUT2D eigenvalue weighted by atomic mass is 15.3. The number of anilines is 1. The molecule has 2 aromatic heterocycles. The summed E-state index contributed by atoms with van der Waals surface area (Å²) in [7, 11) is 3.81. The van der Waals surface area contributed by atoms with Gasteiger partial charge in [0.25, 0.3) is 0 Å². The van der Waals surface area contributed by atoms with Gasteiger partial charge in [-0.3, -0.25) is 4.68 Å². The lowest BCUT2D eigenvalue weighted by atomic mass is 10.1. The third-order valence-corrected chi connectivity index (χ3v) is 2.97. The molecule has 0 fully saturated rings. The second-order valence-corrected chi connectivity index (χ2v) is 4.30. The molecular weight excluding hydrogens is 226 g/mol. The van der Waals surface area contributed by atoms with E-state index in [1.54, 1.807) is 6.20 Å². The van der Waals surface area contributed by atoms with Crippen molar-refractivity contribution in [2.75, 3.05) is 12.4 Å². The minimum absolute atomic E-state index is 0.878. The van der Waals surface area contributed by atoms with Crippen LogP contribution in [0.1, 0.15) is 24.7 Å². The smallest absolute Gasteiger partial charge is 0.133 e. The fourth-order valence-corrected chi connectivity index (χ4v) is 2.00. The molecule has 1 N–H and O–H groups in total. The van der Waals surface area contributed by atoms with Crippen LogP contribution in [0.3, 0.4) is 0 Å². The average Bonchev–Trinajstić information content (AvgIpc) is 2.78. The van der Waals surface area contributed by atoms with E-state index in [0.29, 0.717) is 0 Å². The highest BCUT2D eigenvalue weighted by Gasteiger charge is 2.13. The van der Waals surface area contributed by atoms with Crippen molar-refractivity contribution in [1.82, 2.24) is 19.7 Å². The Morgan fingerprint density at radius 2 is 2.11 bits per heavy atom. The first-order valence-corrected chi connectivity index (χ1v) is 6.21. The molecule has 0 aliphatic rings. The zero-order chi connectivity index (χ0) is 13.1. The molecule has 0 unspecified atom stereocenters. The number of hydrogen-bond acceptors (Lipinski definition) is 4. The van der Waals surface area contributed by atoms with Crippen molar-refractivity contribution in [3.05, 3.63) is 23.7 Å². The van der Waals surface area contributed by atoms with Crippen molar-refractivity contribution >= 4 is 5.82 Å². The monoisotopic (exact) mass is 245 g/mol. The molecule has 5 nitrogen and oxygen atoms in total. The number of nitrogens with zero attached hydrogens (tertiary/aromatic N) is 4. The number of rotatable bonds is 4. The Hall–Kier alpha value is -1.91. The van der Waals surface area contributed by atoms with E-state index < -0.39 is 0 Å². The summed E-state index contributed by atoms with van der Waals surface area (Å²) in [6.07, 6.45) is 3.71.